The summed E-state index contributed by atoms with van der Waals surface area (Å²) in [7, 11) is 0. The number of carbonyl (C=O) groups is 2. The van der Waals surface area contributed by atoms with E-state index in [4.69, 9.17) is 26.0 Å². The van der Waals surface area contributed by atoms with Gasteiger partial charge in [0, 0.05) is 24.1 Å². The standard InChI is InChI=1S/C25H25ClN2O5/c26-19-7-3-18(4-8-19)16-32-20-9-5-17(6-10-20)14-24(29)28-13-1-2-23(28)22-15-21(33-27-22)11-12-25(30)31/h3-10,15,23H,1-2,11-14,16H2,(H,30,31). The Morgan fingerprint density at radius 1 is 1.12 bits per heavy atom. The molecule has 0 aliphatic carbocycles. The summed E-state index contributed by atoms with van der Waals surface area (Å²) in [6.07, 6.45) is 2.27. The Morgan fingerprint density at radius 3 is 2.58 bits per heavy atom. The lowest BCUT2D eigenvalue weighted by atomic mass is 10.1. The van der Waals surface area contributed by atoms with Crippen LogP contribution in [0.4, 0.5) is 0 Å². The lowest BCUT2D eigenvalue weighted by Gasteiger charge is -2.23. The smallest absolute Gasteiger partial charge is 0.303 e. The first-order valence-corrected chi connectivity index (χ1v) is 11.3. The molecule has 7 nitrogen and oxygen atoms in total. The summed E-state index contributed by atoms with van der Waals surface area (Å²) in [4.78, 5) is 25.6. The van der Waals surface area contributed by atoms with E-state index in [1.165, 1.54) is 0 Å². The predicted molar refractivity (Wildman–Crippen MR) is 122 cm³/mol. The van der Waals surface area contributed by atoms with Crippen LogP contribution in [0.1, 0.15) is 47.9 Å². The minimum atomic E-state index is -0.882. The maximum absolute atomic E-state index is 13.0. The number of amides is 1. The summed E-state index contributed by atoms with van der Waals surface area (Å²) < 4.78 is 11.1. The van der Waals surface area contributed by atoms with Crippen molar-refractivity contribution in [3.8, 4) is 5.75 Å². The number of carbonyl (C=O) groups excluding carboxylic acids is 1. The Balaban J connectivity index is 1.32. The van der Waals surface area contributed by atoms with Crippen molar-refractivity contribution in [1.29, 1.82) is 0 Å². The van der Waals surface area contributed by atoms with Crippen LogP contribution in [0.15, 0.2) is 59.1 Å². The van der Waals surface area contributed by atoms with Gasteiger partial charge in [-0.1, -0.05) is 41.0 Å². The lowest BCUT2D eigenvalue weighted by molar-refractivity contribution is -0.137. The molecule has 1 aliphatic heterocycles. The average molecular weight is 469 g/mol. The van der Waals surface area contributed by atoms with Crippen molar-refractivity contribution in [3.63, 3.8) is 0 Å². The molecule has 1 atom stereocenters. The quantitative estimate of drug-likeness (QED) is 0.483. The third kappa shape index (κ3) is 6.14. The summed E-state index contributed by atoms with van der Waals surface area (Å²) in [6.45, 7) is 1.11. The molecule has 0 radical (unpaired) electrons. The van der Waals surface area contributed by atoms with E-state index in [0.29, 0.717) is 29.6 Å². The molecule has 1 aliphatic rings. The fraction of sp³-hybridized carbons (Fsp3) is 0.320. The number of hydrogen-bond acceptors (Lipinski definition) is 5. The SMILES string of the molecule is O=C(O)CCc1cc(C2CCCN2C(=O)Cc2ccc(OCc3ccc(Cl)cc3)cc2)no1. The summed E-state index contributed by atoms with van der Waals surface area (Å²) in [5, 5.41) is 13.6. The molecule has 0 saturated carbocycles. The topological polar surface area (TPSA) is 92.9 Å². The number of ether oxygens (including phenoxy) is 1. The van der Waals surface area contributed by atoms with Crippen LogP contribution in [0, 0.1) is 0 Å². The highest BCUT2D eigenvalue weighted by Gasteiger charge is 2.32. The van der Waals surface area contributed by atoms with Gasteiger partial charge >= 0.3 is 5.97 Å². The molecule has 2 aromatic carbocycles. The molecule has 0 spiro atoms. The molecule has 172 valence electrons. The Labute approximate surface area is 196 Å². The van der Waals surface area contributed by atoms with Crippen molar-refractivity contribution in [2.75, 3.05) is 6.54 Å². The van der Waals surface area contributed by atoms with Gasteiger partial charge in [-0.2, -0.15) is 0 Å². The predicted octanol–water partition coefficient (Wildman–Crippen LogP) is 4.83. The summed E-state index contributed by atoms with van der Waals surface area (Å²) in [5.74, 6) is 0.409. The molecule has 1 amide bonds. The fourth-order valence-electron chi connectivity index (χ4n) is 3.93. The maximum atomic E-state index is 13.0. The zero-order chi connectivity index (χ0) is 23.2. The molecular weight excluding hydrogens is 444 g/mol. The Bertz CT molecular complexity index is 1090. The monoisotopic (exact) mass is 468 g/mol. The van der Waals surface area contributed by atoms with E-state index in [1.54, 1.807) is 6.07 Å². The fourth-order valence-corrected chi connectivity index (χ4v) is 4.06. The number of aromatic nitrogens is 1. The molecule has 33 heavy (non-hydrogen) atoms. The Morgan fingerprint density at radius 2 is 1.85 bits per heavy atom. The first-order chi connectivity index (χ1) is 16.0. The minimum absolute atomic E-state index is 0.0125. The van der Waals surface area contributed by atoms with Crippen LogP contribution in [0.25, 0.3) is 0 Å². The second-order valence-corrected chi connectivity index (χ2v) is 8.53. The summed E-state index contributed by atoms with van der Waals surface area (Å²) in [6, 6.07) is 16.7. The average Bonchev–Trinajstić information content (AvgIpc) is 3.48. The van der Waals surface area contributed by atoms with E-state index in [9.17, 15) is 9.59 Å². The molecule has 8 heteroatoms. The molecule has 3 aromatic rings. The van der Waals surface area contributed by atoms with Gasteiger partial charge in [-0.05, 0) is 48.2 Å². The molecule has 1 fully saturated rings. The van der Waals surface area contributed by atoms with Crippen molar-refractivity contribution >= 4 is 23.5 Å². The number of halogens is 1. The van der Waals surface area contributed by atoms with Gasteiger partial charge in [0.1, 0.15) is 23.8 Å². The van der Waals surface area contributed by atoms with Gasteiger partial charge < -0.3 is 19.3 Å². The van der Waals surface area contributed by atoms with Gasteiger partial charge in [-0.25, -0.2) is 0 Å². The van der Waals surface area contributed by atoms with E-state index in [0.717, 1.165) is 29.7 Å². The van der Waals surface area contributed by atoms with Gasteiger partial charge in [-0.3, -0.25) is 9.59 Å². The van der Waals surface area contributed by atoms with E-state index in [1.807, 2.05) is 53.4 Å². The number of likely N-dealkylation sites (tertiary alicyclic amines) is 1. The van der Waals surface area contributed by atoms with Crippen LogP contribution < -0.4 is 4.74 Å². The third-order valence-electron chi connectivity index (χ3n) is 5.67. The number of nitrogens with zero attached hydrogens (tertiary/aromatic N) is 2. The molecule has 1 saturated heterocycles. The number of carboxylic acids is 1. The van der Waals surface area contributed by atoms with E-state index in [2.05, 4.69) is 5.16 Å². The van der Waals surface area contributed by atoms with Gasteiger partial charge in [0.2, 0.25) is 5.91 Å². The first kappa shape index (κ1) is 22.9. The van der Waals surface area contributed by atoms with Crippen LogP contribution in [0.2, 0.25) is 5.02 Å². The first-order valence-electron chi connectivity index (χ1n) is 10.9. The molecule has 1 unspecified atom stereocenters. The van der Waals surface area contributed by atoms with Crippen LogP contribution in [-0.4, -0.2) is 33.6 Å². The number of hydrogen-bond donors (Lipinski definition) is 1. The normalized spacial score (nSPS) is 15.5. The van der Waals surface area contributed by atoms with E-state index in [-0.39, 0.29) is 31.2 Å². The van der Waals surface area contributed by atoms with Crippen molar-refractivity contribution in [2.45, 2.75) is 44.8 Å². The molecular formula is C25H25ClN2O5. The number of carboxylic acid groups (broad SMARTS) is 1. The van der Waals surface area contributed by atoms with Crippen molar-refractivity contribution < 1.29 is 24.0 Å². The summed E-state index contributed by atoms with van der Waals surface area (Å²) in [5.41, 5.74) is 2.62. The van der Waals surface area contributed by atoms with Crippen molar-refractivity contribution in [3.05, 3.63) is 82.2 Å². The van der Waals surface area contributed by atoms with Crippen molar-refractivity contribution in [2.24, 2.45) is 0 Å². The van der Waals surface area contributed by atoms with Gasteiger partial charge in [-0.15, -0.1) is 0 Å². The van der Waals surface area contributed by atoms with Gasteiger partial charge in [0.25, 0.3) is 0 Å². The number of rotatable bonds is 9. The third-order valence-corrected chi connectivity index (χ3v) is 5.93. The van der Waals surface area contributed by atoms with Crippen LogP contribution >= 0.6 is 11.6 Å². The highest BCUT2D eigenvalue weighted by atomic mass is 35.5. The Hall–Kier alpha value is -3.32. The molecule has 0 bridgehead atoms. The number of aliphatic carboxylic acids is 1. The Kier molecular flexibility index (Phi) is 7.29. The van der Waals surface area contributed by atoms with Gasteiger partial charge in [0.05, 0.1) is 18.9 Å². The number of aryl methyl sites for hydroxylation is 1. The van der Waals surface area contributed by atoms with E-state index < -0.39 is 5.97 Å². The molecule has 2 heterocycles. The lowest BCUT2D eigenvalue weighted by Crippen LogP contribution is -2.32. The zero-order valence-electron chi connectivity index (χ0n) is 18.1. The highest BCUT2D eigenvalue weighted by molar-refractivity contribution is 6.30. The second kappa shape index (κ2) is 10.5. The highest BCUT2D eigenvalue weighted by Crippen LogP contribution is 2.32. The molecule has 4 rings (SSSR count). The summed E-state index contributed by atoms with van der Waals surface area (Å²) >= 11 is 5.90. The van der Waals surface area contributed by atoms with E-state index >= 15 is 0 Å². The zero-order valence-corrected chi connectivity index (χ0v) is 18.8. The van der Waals surface area contributed by atoms with Gasteiger partial charge in [0.15, 0.2) is 0 Å². The van der Waals surface area contributed by atoms with Crippen LogP contribution in [0.3, 0.4) is 0 Å². The molecule has 1 N–H and O–H groups in total. The second-order valence-electron chi connectivity index (χ2n) is 8.09. The largest absolute Gasteiger partial charge is 0.489 e. The van der Waals surface area contributed by atoms with Crippen LogP contribution in [-0.2, 0) is 29.0 Å². The minimum Gasteiger partial charge on any atom is -0.489 e. The maximum Gasteiger partial charge on any atom is 0.303 e. The van der Waals surface area contributed by atoms with Crippen LogP contribution in [0.5, 0.6) is 5.75 Å². The number of benzene rings is 2. The molecule has 1 aromatic heterocycles. The van der Waals surface area contributed by atoms with Crippen molar-refractivity contribution in [1.82, 2.24) is 10.1 Å².